The second kappa shape index (κ2) is 8.15. The van der Waals surface area contributed by atoms with E-state index in [4.69, 9.17) is 5.26 Å². The number of hydrogen-bond donors (Lipinski definition) is 0. The minimum absolute atomic E-state index is 0.0328. The molecule has 1 aromatic rings. The van der Waals surface area contributed by atoms with Crippen LogP contribution in [-0.4, -0.2) is 6.17 Å². The summed E-state index contributed by atoms with van der Waals surface area (Å²) in [5.41, 5.74) is 1.73. The van der Waals surface area contributed by atoms with Crippen molar-refractivity contribution in [3.05, 3.63) is 35.4 Å². The Morgan fingerprint density at radius 2 is 1.67 bits per heavy atom. The normalized spacial score (nSPS) is 33.8. The van der Waals surface area contributed by atoms with Gasteiger partial charge in [-0.1, -0.05) is 44.7 Å². The van der Waals surface area contributed by atoms with Crippen LogP contribution in [-0.2, 0) is 0 Å². The zero-order valence-corrected chi connectivity index (χ0v) is 14.9. The average molecular weight is 327 g/mol. The van der Waals surface area contributed by atoms with E-state index in [0.717, 1.165) is 30.2 Å². The van der Waals surface area contributed by atoms with Crippen molar-refractivity contribution >= 4 is 0 Å². The van der Waals surface area contributed by atoms with Crippen molar-refractivity contribution in [1.82, 2.24) is 0 Å². The Balaban J connectivity index is 1.54. The smallest absolute Gasteiger partial charge is 0.107 e. The van der Waals surface area contributed by atoms with Crippen molar-refractivity contribution in [2.75, 3.05) is 0 Å². The van der Waals surface area contributed by atoms with Gasteiger partial charge >= 0.3 is 0 Å². The fourth-order valence-corrected chi connectivity index (χ4v) is 5.11. The van der Waals surface area contributed by atoms with Gasteiger partial charge in [-0.3, -0.25) is 0 Å². The zero-order valence-electron chi connectivity index (χ0n) is 14.9. The van der Waals surface area contributed by atoms with Crippen molar-refractivity contribution in [2.24, 2.45) is 17.8 Å². The van der Waals surface area contributed by atoms with E-state index in [1.807, 2.05) is 24.3 Å². The van der Waals surface area contributed by atoms with Crippen LogP contribution in [0.15, 0.2) is 24.3 Å². The molecule has 2 saturated carbocycles. The van der Waals surface area contributed by atoms with E-state index in [1.54, 1.807) is 0 Å². The molecule has 2 fully saturated rings. The lowest BCUT2D eigenvalue weighted by Gasteiger charge is -2.39. The van der Waals surface area contributed by atoms with Crippen LogP contribution in [0.25, 0.3) is 0 Å². The summed E-state index contributed by atoms with van der Waals surface area (Å²) < 4.78 is 14.9. The minimum atomic E-state index is -0.718. The van der Waals surface area contributed by atoms with Crippen LogP contribution >= 0.6 is 0 Å². The molecule has 2 aliphatic rings. The molecule has 24 heavy (non-hydrogen) atoms. The van der Waals surface area contributed by atoms with Crippen LogP contribution in [0, 0.1) is 29.1 Å². The summed E-state index contributed by atoms with van der Waals surface area (Å²) in [5.74, 6) is 2.32. The van der Waals surface area contributed by atoms with Gasteiger partial charge in [-0.25, -0.2) is 4.39 Å². The van der Waals surface area contributed by atoms with Crippen LogP contribution in [0.3, 0.4) is 0 Å². The van der Waals surface area contributed by atoms with Crippen LogP contribution in [0.4, 0.5) is 4.39 Å². The molecular weight excluding hydrogens is 297 g/mol. The minimum Gasteiger partial charge on any atom is -0.247 e. The molecule has 2 aliphatic carbocycles. The quantitative estimate of drug-likeness (QED) is 0.629. The Labute approximate surface area is 146 Å². The molecule has 3 atom stereocenters. The predicted molar refractivity (Wildman–Crippen MR) is 96.5 cm³/mol. The van der Waals surface area contributed by atoms with Gasteiger partial charge in [-0.05, 0) is 67.6 Å². The standard InChI is InChI=1S/C22H30FN/c1-2-3-16-4-8-18(9-5-16)20-12-13-21(22(23)14-20)19-10-6-17(15-24)7-11-19/h6-7,10-11,16,18,20-22H,2-5,8-9,12-14H2,1H3. The molecule has 130 valence electrons. The summed E-state index contributed by atoms with van der Waals surface area (Å²) in [6, 6.07) is 9.68. The van der Waals surface area contributed by atoms with Crippen LogP contribution < -0.4 is 0 Å². The van der Waals surface area contributed by atoms with E-state index in [9.17, 15) is 4.39 Å². The fourth-order valence-electron chi connectivity index (χ4n) is 5.11. The van der Waals surface area contributed by atoms with Crippen molar-refractivity contribution < 1.29 is 4.39 Å². The van der Waals surface area contributed by atoms with E-state index in [2.05, 4.69) is 13.0 Å². The highest BCUT2D eigenvalue weighted by Crippen LogP contribution is 2.45. The Kier molecular flexibility index (Phi) is 5.93. The molecule has 0 aliphatic heterocycles. The van der Waals surface area contributed by atoms with Crippen LogP contribution in [0.1, 0.15) is 81.8 Å². The van der Waals surface area contributed by atoms with Crippen molar-refractivity contribution in [2.45, 2.75) is 76.8 Å². The molecule has 0 aromatic heterocycles. The maximum atomic E-state index is 14.9. The highest BCUT2D eigenvalue weighted by molar-refractivity contribution is 5.33. The molecule has 0 saturated heterocycles. The number of nitrogens with zero attached hydrogens (tertiary/aromatic N) is 1. The molecule has 2 heteroatoms. The van der Waals surface area contributed by atoms with Gasteiger partial charge < -0.3 is 0 Å². The predicted octanol–water partition coefficient (Wildman–Crippen LogP) is 6.39. The molecule has 0 N–H and O–H groups in total. The topological polar surface area (TPSA) is 23.8 Å². The lowest BCUT2D eigenvalue weighted by Crippen LogP contribution is -2.31. The number of benzene rings is 1. The third-order valence-electron chi connectivity index (χ3n) is 6.54. The molecule has 1 aromatic carbocycles. The summed E-state index contributed by atoms with van der Waals surface area (Å²) in [6.07, 6.45) is 10.2. The first-order valence-electron chi connectivity index (χ1n) is 9.85. The lowest BCUT2D eigenvalue weighted by molar-refractivity contribution is 0.102. The zero-order chi connectivity index (χ0) is 16.9. The van der Waals surface area contributed by atoms with Gasteiger partial charge in [0, 0.05) is 5.92 Å². The molecular formula is C22H30FN. The maximum Gasteiger partial charge on any atom is 0.107 e. The summed E-state index contributed by atoms with van der Waals surface area (Å²) >= 11 is 0. The summed E-state index contributed by atoms with van der Waals surface area (Å²) in [6.45, 7) is 2.28. The third-order valence-corrected chi connectivity index (χ3v) is 6.54. The molecule has 0 bridgehead atoms. The van der Waals surface area contributed by atoms with Gasteiger partial charge in [0.1, 0.15) is 6.17 Å². The molecule has 0 spiro atoms. The molecule has 1 nitrogen and oxygen atoms in total. The van der Waals surface area contributed by atoms with Gasteiger partial charge in [0.05, 0.1) is 11.6 Å². The Morgan fingerprint density at radius 1 is 1.00 bits per heavy atom. The lowest BCUT2D eigenvalue weighted by atomic mass is 9.67. The van der Waals surface area contributed by atoms with Gasteiger partial charge in [-0.15, -0.1) is 0 Å². The molecule has 0 radical (unpaired) electrons. The number of nitriles is 1. The van der Waals surface area contributed by atoms with E-state index in [0.29, 0.717) is 11.5 Å². The average Bonchev–Trinajstić information content (AvgIpc) is 2.63. The first kappa shape index (κ1) is 17.5. The van der Waals surface area contributed by atoms with Crippen molar-refractivity contribution in [1.29, 1.82) is 5.26 Å². The van der Waals surface area contributed by atoms with Crippen molar-refractivity contribution in [3.63, 3.8) is 0 Å². The SMILES string of the molecule is CCCC1CCC(C2CCC(c3ccc(C#N)cc3)C(F)C2)CC1. The Morgan fingerprint density at radius 3 is 2.25 bits per heavy atom. The Hall–Kier alpha value is -1.36. The summed E-state index contributed by atoms with van der Waals surface area (Å²) in [5, 5.41) is 8.90. The second-order valence-corrected chi connectivity index (χ2v) is 8.00. The van der Waals surface area contributed by atoms with E-state index >= 15 is 0 Å². The van der Waals surface area contributed by atoms with E-state index in [1.165, 1.54) is 44.9 Å². The van der Waals surface area contributed by atoms with Crippen LogP contribution in [0.2, 0.25) is 0 Å². The number of hydrogen-bond acceptors (Lipinski definition) is 1. The Bertz CT molecular complexity index is 550. The molecule has 3 rings (SSSR count). The maximum absolute atomic E-state index is 14.9. The summed E-state index contributed by atoms with van der Waals surface area (Å²) in [4.78, 5) is 0. The highest BCUT2D eigenvalue weighted by Gasteiger charge is 2.36. The van der Waals surface area contributed by atoms with E-state index < -0.39 is 6.17 Å². The number of halogens is 1. The largest absolute Gasteiger partial charge is 0.247 e. The fraction of sp³-hybridized carbons (Fsp3) is 0.682. The highest BCUT2D eigenvalue weighted by atomic mass is 19.1. The van der Waals surface area contributed by atoms with Gasteiger partial charge in [-0.2, -0.15) is 5.26 Å². The molecule has 0 heterocycles. The van der Waals surface area contributed by atoms with E-state index in [-0.39, 0.29) is 5.92 Å². The monoisotopic (exact) mass is 327 g/mol. The van der Waals surface area contributed by atoms with Crippen molar-refractivity contribution in [3.8, 4) is 6.07 Å². The first-order valence-corrected chi connectivity index (χ1v) is 9.85. The third kappa shape index (κ3) is 4.00. The first-order chi connectivity index (χ1) is 11.7. The van der Waals surface area contributed by atoms with Gasteiger partial charge in [0.2, 0.25) is 0 Å². The van der Waals surface area contributed by atoms with Gasteiger partial charge in [0.25, 0.3) is 0 Å². The number of alkyl halides is 1. The molecule has 3 unspecified atom stereocenters. The summed E-state index contributed by atoms with van der Waals surface area (Å²) in [7, 11) is 0. The second-order valence-electron chi connectivity index (χ2n) is 8.00. The van der Waals surface area contributed by atoms with Crippen LogP contribution in [0.5, 0.6) is 0 Å². The van der Waals surface area contributed by atoms with Gasteiger partial charge in [0.15, 0.2) is 0 Å². The molecule has 0 amide bonds. The number of rotatable bonds is 4.